The van der Waals surface area contributed by atoms with Crippen LogP contribution in [0.1, 0.15) is 24.8 Å². The molecule has 0 aliphatic carbocycles. The second-order valence-electron chi connectivity index (χ2n) is 9.42. The van der Waals surface area contributed by atoms with Crippen molar-refractivity contribution in [1.29, 1.82) is 0 Å². The van der Waals surface area contributed by atoms with Crippen LogP contribution in [0.3, 0.4) is 0 Å². The highest BCUT2D eigenvalue weighted by Crippen LogP contribution is 2.36. The molecule has 1 fully saturated rings. The topological polar surface area (TPSA) is 142 Å². The third kappa shape index (κ3) is 8.36. The van der Waals surface area contributed by atoms with Gasteiger partial charge in [-0.3, -0.25) is 24.0 Å². The van der Waals surface area contributed by atoms with E-state index in [0.717, 1.165) is 17.0 Å². The first-order valence-electron chi connectivity index (χ1n) is 12.5. The lowest BCUT2D eigenvalue weighted by Gasteiger charge is -2.31. The minimum absolute atomic E-state index is 0.0958. The molecule has 2 aromatic carbocycles. The Hall–Kier alpha value is -4.41. The lowest BCUT2D eigenvalue weighted by atomic mass is 9.95. The number of anilines is 1. The molecule has 0 unspecified atom stereocenters. The Labute approximate surface area is 248 Å². The minimum Gasteiger partial charge on any atom is -0.481 e. The SMILES string of the molecule is O=C(O)C[C@H](NC(=O)C1CCN(C(=O)C(=O)Nc2ccc(Cl)cc2C(F)(F)F)CC1)C(=O)COc1c(F)c(F)cc(F)c1F. The van der Waals surface area contributed by atoms with Gasteiger partial charge in [0, 0.05) is 30.1 Å². The number of nitrogens with zero attached hydrogens (tertiary/aromatic N) is 1. The number of aliphatic carboxylic acids is 1. The number of nitrogens with one attached hydrogen (secondary N) is 2. The van der Waals surface area contributed by atoms with Crippen molar-refractivity contribution in [2.75, 3.05) is 25.0 Å². The van der Waals surface area contributed by atoms with Crippen molar-refractivity contribution in [3.63, 3.8) is 0 Å². The highest BCUT2D eigenvalue weighted by molar-refractivity contribution is 6.39. The number of alkyl halides is 3. The Morgan fingerprint density at radius 2 is 1.59 bits per heavy atom. The second kappa shape index (κ2) is 13.9. The van der Waals surface area contributed by atoms with Gasteiger partial charge in [0.2, 0.25) is 17.5 Å². The van der Waals surface area contributed by atoms with Crippen LogP contribution in [0.25, 0.3) is 0 Å². The van der Waals surface area contributed by atoms with Gasteiger partial charge in [-0.25, -0.2) is 8.78 Å². The minimum atomic E-state index is -4.89. The van der Waals surface area contributed by atoms with Gasteiger partial charge in [0.05, 0.1) is 17.7 Å². The lowest BCUT2D eigenvalue weighted by Crippen LogP contribution is -2.50. The molecule has 3 N–H and O–H groups in total. The van der Waals surface area contributed by atoms with E-state index in [1.807, 2.05) is 5.32 Å². The number of piperidine rings is 1. The maximum absolute atomic E-state index is 13.8. The van der Waals surface area contributed by atoms with Crippen LogP contribution >= 0.6 is 11.6 Å². The number of likely N-dealkylation sites (tertiary alicyclic amines) is 1. The molecule has 1 aliphatic rings. The van der Waals surface area contributed by atoms with Crippen molar-refractivity contribution in [2.24, 2.45) is 5.92 Å². The molecule has 1 aliphatic heterocycles. The molecule has 3 amide bonds. The first-order valence-corrected chi connectivity index (χ1v) is 12.8. The molecule has 0 bridgehead atoms. The predicted octanol–water partition coefficient (Wildman–Crippen LogP) is 3.70. The summed E-state index contributed by atoms with van der Waals surface area (Å²) in [7, 11) is 0. The zero-order valence-corrected chi connectivity index (χ0v) is 22.8. The molecule has 44 heavy (non-hydrogen) atoms. The summed E-state index contributed by atoms with van der Waals surface area (Å²) < 4.78 is 98.7. The molecule has 3 rings (SSSR count). The standard InChI is InChI=1S/C26H21ClF7N3O7/c27-12-1-2-16(13(7-12)26(32,33)34)35-24(42)25(43)37-5-3-11(4-6-37)23(41)36-17(9-19(39)40)18(38)10-44-22-20(30)14(28)8-15(29)21(22)31/h1-2,7-8,11,17H,3-6,9-10H2,(H,35,42)(H,36,41)(H,39,40)/t17-/m0/s1. The van der Waals surface area contributed by atoms with Crippen LogP contribution in [0.4, 0.5) is 36.4 Å². The number of rotatable bonds is 9. The zero-order valence-electron chi connectivity index (χ0n) is 22.1. The molecule has 1 saturated heterocycles. The number of carbonyl (C=O) groups excluding carboxylic acids is 4. The second-order valence-corrected chi connectivity index (χ2v) is 9.86. The number of hydrogen-bond donors (Lipinski definition) is 3. The fourth-order valence-corrected chi connectivity index (χ4v) is 4.33. The van der Waals surface area contributed by atoms with Crippen LogP contribution < -0.4 is 15.4 Å². The molecular weight excluding hydrogens is 635 g/mol. The number of halogens is 8. The Balaban J connectivity index is 1.59. The summed E-state index contributed by atoms with van der Waals surface area (Å²) in [6, 6.07) is 0.625. The van der Waals surface area contributed by atoms with Crippen molar-refractivity contribution in [3.8, 4) is 5.75 Å². The number of Topliss-reactive ketones (excluding diaryl/α,β-unsaturated/α-hetero) is 1. The average Bonchev–Trinajstić information content (AvgIpc) is 2.95. The average molecular weight is 656 g/mol. The Morgan fingerprint density at radius 1 is 1.00 bits per heavy atom. The van der Waals surface area contributed by atoms with Gasteiger partial charge in [0.15, 0.2) is 23.2 Å². The quantitative estimate of drug-likeness (QED) is 0.213. The number of ketones is 1. The molecule has 0 aromatic heterocycles. The number of hydrogen-bond acceptors (Lipinski definition) is 6. The highest BCUT2D eigenvalue weighted by atomic mass is 35.5. The molecule has 1 heterocycles. The van der Waals surface area contributed by atoms with E-state index in [-0.39, 0.29) is 37.0 Å². The smallest absolute Gasteiger partial charge is 0.418 e. The van der Waals surface area contributed by atoms with Crippen LogP contribution in [0, 0.1) is 29.2 Å². The summed E-state index contributed by atoms with van der Waals surface area (Å²) in [5, 5.41) is 12.9. The van der Waals surface area contributed by atoms with Crippen LogP contribution in [-0.2, 0) is 30.1 Å². The van der Waals surface area contributed by atoms with Crippen molar-refractivity contribution in [2.45, 2.75) is 31.5 Å². The number of amides is 3. The molecule has 0 saturated carbocycles. The fourth-order valence-electron chi connectivity index (χ4n) is 4.16. The number of benzene rings is 2. The molecule has 18 heteroatoms. The molecule has 2 aromatic rings. The van der Waals surface area contributed by atoms with E-state index in [1.165, 1.54) is 0 Å². The maximum atomic E-state index is 13.8. The number of carboxylic acid groups (broad SMARTS) is 1. The van der Waals surface area contributed by atoms with E-state index in [4.69, 9.17) is 16.7 Å². The van der Waals surface area contributed by atoms with E-state index in [2.05, 4.69) is 10.1 Å². The van der Waals surface area contributed by atoms with E-state index < -0.39 is 101 Å². The van der Waals surface area contributed by atoms with Crippen LogP contribution in [0.5, 0.6) is 5.75 Å². The van der Waals surface area contributed by atoms with Crippen LogP contribution in [-0.4, -0.2) is 65.2 Å². The van der Waals surface area contributed by atoms with Crippen LogP contribution in [0.15, 0.2) is 24.3 Å². The molecule has 0 spiro atoms. The summed E-state index contributed by atoms with van der Waals surface area (Å²) >= 11 is 5.59. The van der Waals surface area contributed by atoms with Gasteiger partial charge in [0.1, 0.15) is 12.6 Å². The normalized spacial score (nSPS) is 14.5. The van der Waals surface area contributed by atoms with Crippen molar-refractivity contribution in [1.82, 2.24) is 10.2 Å². The number of ether oxygens (including phenoxy) is 1. The van der Waals surface area contributed by atoms with E-state index >= 15 is 0 Å². The summed E-state index contributed by atoms with van der Waals surface area (Å²) in [6.07, 6.45) is -6.11. The van der Waals surface area contributed by atoms with E-state index in [0.29, 0.717) is 6.07 Å². The third-order valence-corrected chi connectivity index (χ3v) is 6.63. The molecule has 1 atom stereocenters. The first kappa shape index (κ1) is 34.1. The van der Waals surface area contributed by atoms with Crippen molar-refractivity contribution >= 4 is 46.8 Å². The monoisotopic (exact) mass is 655 g/mol. The number of carbonyl (C=O) groups is 5. The maximum Gasteiger partial charge on any atom is 0.418 e. The number of carboxylic acids is 1. The first-order chi connectivity index (χ1) is 20.5. The van der Waals surface area contributed by atoms with Gasteiger partial charge in [0.25, 0.3) is 0 Å². The summed E-state index contributed by atoms with van der Waals surface area (Å²) in [5.41, 5.74) is -1.99. The van der Waals surface area contributed by atoms with Gasteiger partial charge >= 0.3 is 24.0 Å². The molecular formula is C26H21ClF7N3O7. The molecule has 10 nitrogen and oxygen atoms in total. The van der Waals surface area contributed by atoms with E-state index in [1.54, 1.807) is 0 Å². The van der Waals surface area contributed by atoms with Gasteiger partial charge in [-0.15, -0.1) is 0 Å². The lowest BCUT2D eigenvalue weighted by molar-refractivity contribution is -0.145. The Bertz CT molecular complexity index is 1450. The summed E-state index contributed by atoms with van der Waals surface area (Å²) in [5.74, 6) is -16.3. The zero-order chi connectivity index (χ0) is 32.9. The third-order valence-electron chi connectivity index (χ3n) is 6.40. The van der Waals surface area contributed by atoms with Gasteiger partial charge in [-0.1, -0.05) is 11.6 Å². The van der Waals surface area contributed by atoms with E-state index in [9.17, 15) is 54.7 Å². The largest absolute Gasteiger partial charge is 0.481 e. The summed E-state index contributed by atoms with van der Waals surface area (Å²) in [6.45, 7) is -1.72. The van der Waals surface area contributed by atoms with Crippen LogP contribution in [0.2, 0.25) is 5.02 Å². The van der Waals surface area contributed by atoms with Gasteiger partial charge in [-0.05, 0) is 31.0 Å². The predicted molar refractivity (Wildman–Crippen MR) is 135 cm³/mol. The molecule has 238 valence electrons. The van der Waals surface area contributed by atoms with Gasteiger partial charge < -0.3 is 25.4 Å². The van der Waals surface area contributed by atoms with Crippen molar-refractivity contribution < 1.29 is 64.5 Å². The summed E-state index contributed by atoms with van der Waals surface area (Å²) in [4.78, 5) is 62.4. The van der Waals surface area contributed by atoms with Crippen molar-refractivity contribution in [3.05, 3.63) is 58.1 Å². The van der Waals surface area contributed by atoms with Gasteiger partial charge in [-0.2, -0.15) is 22.0 Å². The Morgan fingerprint density at radius 3 is 2.14 bits per heavy atom. The Kier molecular flexibility index (Phi) is 10.8. The molecule has 0 radical (unpaired) electrons. The fraction of sp³-hybridized carbons (Fsp3) is 0.346. The highest BCUT2D eigenvalue weighted by Gasteiger charge is 2.36.